The highest BCUT2D eigenvalue weighted by atomic mass is 16.6. The van der Waals surface area contributed by atoms with Crippen LogP contribution in [-0.4, -0.2) is 37.2 Å². The van der Waals surface area contributed by atoms with Crippen LogP contribution in [0.4, 0.5) is 0 Å². The molecule has 6 heteroatoms. The number of ether oxygens (including phenoxy) is 3. The number of unbranched alkanes of at least 4 members (excludes halogenated alkanes) is 39. The van der Waals surface area contributed by atoms with Gasteiger partial charge >= 0.3 is 17.9 Å². The molecule has 75 heavy (non-hydrogen) atoms. The maximum absolute atomic E-state index is 12.9. The van der Waals surface area contributed by atoms with E-state index >= 15 is 0 Å². The molecule has 436 valence electrons. The molecule has 0 saturated heterocycles. The Kier molecular flexibility index (Phi) is 61.2. The SMILES string of the molecule is CC/C=C\C/C=C\C/C=C\C/C=C\C/C=C\CCCCCCCC(=O)OCC(COC(=O)CCCCCCCCCCCCCCCCC)OC(=O)CCCCCCCCCCCCCCCCCCCCCCC. The number of carbonyl (C=O) groups excluding carboxylic acids is 3. The Hall–Kier alpha value is -2.89. The van der Waals surface area contributed by atoms with Gasteiger partial charge in [-0.3, -0.25) is 14.4 Å². The Morgan fingerprint density at radius 2 is 0.520 bits per heavy atom. The Morgan fingerprint density at radius 1 is 0.280 bits per heavy atom. The van der Waals surface area contributed by atoms with E-state index in [-0.39, 0.29) is 31.1 Å². The van der Waals surface area contributed by atoms with Crippen LogP contribution in [0.2, 0.25) is 0 Å². The normalized spacial score (nSPS) is 12.4. The van der Waals surface area contributed by atoms with Gasteiger partial charge in [0.05, 0.1) is 0 Å². The third kappa shape index (κ3) is 61.8. The quantitative estimate of drug-likeness (QED) is 0.0261. The van der Waals surface area contributed by atoms with Crippen molar-refractivity contribution >= 4 is 17.9 Å². The van der Waals surface area contributed by atoms with Gasteiger partial charge in [0.1, 0.15) is 13.2 Å². The smallest absolute Gasteiger partial charge is 0.306 e. The van der Waals surface area contributed by atoms with E-state index < -0.39 is 6.10 Å². The summed E-state index contributed by atoms with van der Waals surface area (Å²) < 4.78 is 17.0. The minimum absolute atomic E-state index is 0.0756. The lowest BCUT2D eigenvalue weighted by molar-refractivity contribution is -0.167. The van der Waals surface area contributed by atoms with E-state index in [4.69, 9.17) is 14.2 Å². The van der Waals surface area contributed by atoms with Gasteiger partial charge in [0, 0.05) is 19.3 Å². The fourth-order valence-corrected chi connectivity index (χ4v) is 9.65. The zero-order valence-electron chi connectivity index (χ0n) is 50.1. The van der Waals surface area contributed by atoms with Gasteiger partial charge in [-0.1, -0.05) is 319 Å². The van der Waals surface area contributed by atoms with E-state index in [1.165, 1.54) is 193 Å². The lowest BCUT2D eigenvalue weighted by atomic mass is 10.0. The fraction of sp³-hybridized carbons (Fsp3) is 0.812. The van der Waals surface area contributed by atoms with E-state index in [1.807, 2.05) is 0 Å². The monoisotopic (exact) mass is 1050 g/mol. The molecular formula is C69H124O6. The van der Waals surface area contributed by atoms with E-state index in [0.29, 0.717) is 19.3 Å². The molecule has 0 radical (unpaired) electrons. The molecule has 0 aliphatic carbocycles. The molecule has 1 atom stereocenters. The second-order valence-electron chi connectivity index (χ2n) is 22.0. The number of allylic oxidation sites excluding steroid dienone is 10. The predicted octanol–water partition coefficient (Wildman–Crippen LogP) is 22.3. The van der Waals surface area contributed by atoms with Gasteiger partial charge in [-0.15, -0.1) is 0 Å². The Labute approximate surface area is 466 Å². The largest absolute Gasteiger partial charge is 0.462 e. The summed E-state index contributed by atoms with van der Waals surface area (Å²) >= 11 is 0. The highest BCUT2D eigenvalue weighted by Gasteiger charge is 2.19. The minimum atomic E-state index is -0.780. The maximum atomic E-state index is 12.9. The molecule has 0 spiro atoms. The van der Waals surface area contributed by atoms with Crippen molar-refractivity contribution in [2.45, 2.75) is 348 Å². The summed E-state index contributed by atoms with van der Waals surface area (Å²) in [6.07, 6.45) is 80.8. The molecule has 0 aliphatic rings. The van der Waals surface area contributed by atoms with Crippen LogP contribution in [0, 0.1) is 0 Å². The van der Waals surface area contributed by atoms with Crippen molar-refractivity contribution in [1.82, 2.24) is 0 Å². The molecule has 6 nitrogen and oxygen atoms in total. The lowest BCUT2D eigenvalue weighted by Crippen LogP contribution is -2.30. The Balaban J connectivity index is 4.36. The van der Waals surface area contributed by atoms with Crippen LogP contribution in [0.25, 0.3) is 0 Å². The zero-order chi connectivity index (χ0) is 54.3. The highest BCUT2D eigenvalue weighted by molar-refractivity contribution is 5.71. The van der Waals surface area contributed by atoms with Crippen molar-refractivity contribution in [3.63, 3.8) is 0 Å². The standard InChI is InChI=1S/C69H124O6/c1-4-7-10-13-16-19-22-25-28-30-32-34-36-38-41-44-47-50-53-56-59-62-68(71)74-65-66(64-73-67(70)61-58-55-52-49-46-43-40-27-24-21-18-15-12-9-6-3)75-69(72)63-60-57-54-51-48-45-42-39-37-35-33-31-29-26-23-20-17-14-11-8-5-2/h7,10,16,19,25,28,32,34,38,41,66H,4-6,8-9,11-15,17-18,20-24,26-27,29-31,33,35-37,39-40,42-65H2,1-3H3/b10-7-,19-16-,28-25-,34-32-,41-38-. The van der Waals surface area contributed by atoms with Gasteiger partial charge in [-0.05, 0) is 64.2 Å². The maximum Gasteiger partial charge on any atom is 0.306 e. The number of rotatable bonds is 60. The lowest BCUT2D eigenvalue weighted by Gasteiger charge is -2.18. The summed E-state index contributed by atoms with van der Waals surface area (Å²) in [6.45, 7) is 6.57. The average Bonchev–Trinajstić information content (AvgIpc) is 3.41. The van der Waals surface area contributed by atoms with Crippen LogP contribution in [-0.2, 0) is 28.6 Å². The summed E-state index contributed by atoms with van der Waals surface area (Å²) in [5.74, 6) is -0.872. The van der Waals surface area contributed by atoms with E-state index in [0.717, 1.165) is 109 Å². The van der Waals surface area contributed by atoms with Crippen molar-refractivity contribution in [2.75, 3.05) is 13.2 Å². The van der Waals surface area contributed by atoms with Gasteiger partial charge < -0.3 is 14.2 Å². The van der Waals surface area contributed by atoms with Crippen LogP contribution in [0.5, 0.6) is 0 Å². The molecular weight excluding hydrogens is 925 g/mol. The molecule has 0 aliphatic heterocycles. The molecule has 0 N–H and O–H groups in total. The first-order valence-corrected chi connectivity index (χ1v) is 32.8. The summed E-state index contributed by atoms with van der Waals surface area (Å²) in [5, 5.41) is 0. The van der Waals surface area contributed by atoms with Crippen molar-refractivity contribution in [3.05, 3.63) is 60.8 Å². The van der Waals surface area contributed by atoms with Gasteiger partial charge in [-0.2, -0.15) is 0 Å². The third-order valence-electron chi connectivity index (χ3n) is 14.5. The fourth-order valence-electron chi connectivity index (χ4n) is 9.65. The van der Waals surface area contributed by atoms with Gasteiger partial charge in [-0.25, -0.2) is 0 Å². The molecule has 0 bridgehead atoms. The molecule has 0 aromatic heterocycles. The number of esters is 3. The second-order valence-corrected chi connectivity index (χ2v) is 22.0. The van der Waals surface area contributed by atoms with Crippen molar-refractivity contribution < 1.29 is 28.6 Å². The van der Waals surface area contributed by atoms with Crippen LogP contribution in [0.3, 0.4) is 0 Å². The molecule has 0 aromatic carbocycles. The molecule has 0 rings (SSSR count). The van der Waals surface area contributed by atoms with E-state index in [2.05, 4.69) is 81.5 Å². The Bertz CT molecular complexity index is 1340. The van der Waals surface area contributed by atoms with Crippen LogP contribution < -0.4 is 0 Å². The second kappa shape index (κ2) is 63.6. The van der Waals surface area contributed by atoms with Crippen LogP contribution in [0.15, 0.2) is 60.8 Å². The molecule has 0 amide bonds. The zero-order valence-corrected chi connectivity index (χ0v) is 50.1. The number of carbonyl (C=O) groups is 3. The van der Waals surface area contributed by atoms with E-state index in [9.17, 15) is 14.4 Å². The summed E-state index contributed by atoms with van der Waals surface area (Å²) in [7, 11) is 0. The molecule has 0 aromatic rings. The van der Waals surface area contributed by atoms with Crippen LogP contribution in [0.1, 0.15) is 342 Å². The summed E-state index contributed by atoms with van der Waals surface area (Å²) in [4.78, 5) is 38.4. The van der Waals surface area contributed by atoms with Crippen molar-refractivity contribution in [1.29, 1.82) is 0 Å². The van der Waals surface area contributed by atoms with Gasteiger partial charge in [0.2, 0.25) is 0 Å². The predicted molar refractivity (Wildman–Crippen MR) is 325 cm³/mol. The molecule has 0 fully saturated rings. The first-order valence-electron chi connectivity index (χ1n) is 32.8. The number of hydrogen-bond acceptors (Lipinski definition) is 6. The number of hydrogen-bond donors (Lipinski definition) is 0. The van der Waals surface area contributed by atoms with E-state index in [1.54, 1.807) is 0 Å². The first kappa shape index (κ1) is 72.1. The minimum Gasteiger partial charge on any atom is -0.462 e. The first-order chi connectivity index (χ1) is 37.0. The van der Waals surface area contributed by atoms with Gasteiger partial charge in [0.25, 0.3) is 0 Å². The van der Waals surface area contributed by atoms with Crippen LogP contribution >= 0.6 is 0 Å². The average molecular weight is 1050 g/mol. The Morgan fingerprint density at radius 3 is 0.813 bits per heavy atom. The molecule has 0 heterocycles. The van der Waals surface area contributed by atoms with Crippen molar-refractivity contribution in [3.8, 4) is 0 Å². The summed E-state index contributed by atoms with van der Waals surface area (Å²) in [5.41, 5.74) is 0. The molecule has 0 saturated carbocycles. The van der Waals surface area contributed by atoms with Gasteiger partial charge in [0.15, 0.2) is 6.10 Å². The van der Waals surface area contributed by atoms with Crippen molar-refractivity contribution in [2.24, 2.45) is 0 Å². The third-order valence-corrected chi connectivity index (χ3v) is 14.5. The summed E-state index contributed by atoms with van der Waals surface area (Å²) in [6, 6.07) is 0. The molecule has 1 unspecified atom stereocenters. The topological polar surface area (TPSA) is 78.9 Å². The highest BCUT2D eigenvalue weighted by Crippen LogP contribution is 2.18.